The van der Waals surface area contributed by atoms with E-state index in [9.17, 15) is 9.18 Å². The van der Waals surface area contributed by atoms with Gasteiger partial charge in [0.15, 0.2) is 11.6 Å². The summed E-state index contributed by atoms with van der Waals surface area (Å²) < 4.78 is 20.4. The average molecular weight is 442 g/mol. The van der Waals surface area contributed by atoms with Gasteiger partial charge in [-0.3, -0.25) is 4.79 Å². The van der Waals surface area contributed by atoms with E-state index >= 15 is 0 Å². The monoisotopic (exact) mass is 442 g/mol. The number of carbonyl (C=O) groups excluding carboxylic acids is 1. The van der Waals surface area contributed by atoms with Crippen molar-refractivity contribution in [1.82, 2.24) is 19.9 Å². The van der Waals surface area contributed by atoms with Crippen LogP contribution in [0.1, 0.15) is 5.69 Å². The number of aryl methyl sites for hydroxylation is 1. The van der Waals surface area contributed by atoms with Crippen molar-refractivity contribution in [2.24, 2.45) is 0 Å². The summed E-state index contributed by atoms with van der Waals surface area (Å²) in [4.78, 5) is 28.2. The van der Waals surface area contributed by atoms with Crippen LogP contribution in [-0.4, -0.2) is 25.8 Å². The molecule has 0 atom stereocenters. The number of benzene rings is 2. The lowest BCUT2D eigenvalue weighted by atomic mass is 10.00. The van der Waals surface area contributed by atoms with Crippen molar-refractivity contribution in [1.29, 1.82) is 0 Å². The van der Waals surface area contributed by atoms with Gasteiger partial charge in [-0.05, 0) is 48.9 Å². The minimum Gasteiger partial charge on any atom is -0.421 e. The van der Waals surface area contributed by atoms with Gasteiger partial charge in [0.2, 0.25) is 11.9 Å². The second-order valence-corrected chi connectivity index (χ2v) is 6.99. The van der Waals surface area contributed by atoms with E-state index in [1.807, 2.05) is 0 Å². The zero-order chi connectivity index (χ0) is 23.4. The molecule has 2 aromatic heterocycles. The molecule has 3 N–H and O–H groups in total. The van der Waals surface area contributed by atoms with E-state index < -0.39 is 5.82 Å². The van der Waals surface area contributed by atoms with Crippen LogP contribution in [-0.2, 0) is 4.79 Å². The van der Waals surface area contributed by atoms with Gasteiger partial charge >= 0.3 is 6.01 Å². The summed E-state index contributed by atoms with van der Waals surface area (Å²) in [5.74, 6) is -0.903. The number of nitrogens with zero attached hydrogens (tertiary/aromatic N) is 4. The Bertz CT molecular complexity index is 1360. The van der Waals surface area contributed by atoms with Crippen molar-refractivity contribution in [3.8, 4) is 34.1 Å². The highest BCUT2D eigenvalue weighted by molar-refractivity contribution is 5.99. The quantitative estimate of drug-likeness (QED) is 0.421. The zero-order valence-electron chi connectivity index (χ0n) is 17.6. The molecule has 33 heavy (non-hydrogen) atoms. The van der Waals surface area contributed by atoms with Gasteiger partial charge in [-0.1, -0.05) is 24.8 Å². The second kappa shape index (κ2) is 9.23. The maximum atomic E-state index is 14.9. The Labute approximate surface area is 189 Å². The van der Waals surface area contributed by atoms with E-state index in [1.165, 1.54) is 30.6 Å². The van der Waals surface area contributed by atoms with Crippen molar-refractivity contribution in [3.63, 3.8) is 0 Å². The molecule has 0 aliphatic carbocycles. The fourth-order valence-electron chi connectivity index (χ4n) is 3.09. The molecule has 164 valence electrons. The number of nitrogen functional groups attached to an aromatic ring is 1. The van der Waals surface area contributed by atoms with E-state index in [1.54, 1.807) is 43.3 Å². The number of carbonyl (C=O) groups is 1. The Balaban J connectivity index is 1.71. The third-order valence-electron chi connectivity index (χ3n) is 4.61. The molecule has 8 nitrogen and oxygen atoms in total. The predicted molar refractivity (Wildman–Crippen MR) is 123 cm³/mol. The Morgan fingerprint density at radius 2 is 1.97 bits per heavy atom. The first-order valence-corrected chi connectivity index (χ1v) is 9.87. The smallest absolute Gasteiger partial charge is 0.322 e. The molecule has 0 spiro atoms. The molecule has 0 aliphatic heterocycles. The molecule has 0 bridgehead atoms. The molecule has 0 saturated heterocycles. The van der Waals surface area contributed by atoms with Crippen LogP contribution in [0.25, 0.3) is 22.4 Å². The van der Waals surface area contributed by atoms with Gasteiger partial charge in [-0.25, -0.2) is 24.3 Å². The second-order valence-electron chi connectivity index (χ2n) is 6.99. The van der Waals surface area contributed by atoms with Crippen molar-refractivity contribution < 1.29 is 13.9 Å². The molecule has 4 rings (SSSR count). The van der Waals surface area contributed by atoms with Crippen LogP contribution in [0.3, 0.4) is 0 Å². The maximum absolute atomic E-state index is 14.9. The molecule has 0 radical (unpaired) electrons. The molecule has 4 aromatic rings. The molecule has 9 heteroatoms. The topological polar surface area (TPSA) is 116 Å². The first-order chi connectivity index (χ1) is 15.9. The van der Waals surface area contributed by atoms with Crippen LogP contribution in [0.15, 0.2) is 73.6 Å². The van der Waals surface area contributed by atoms with Crippen LogP contribution in [0.2, 0.25) is 0 Å². The zero-order valence-corrected chi connectivity index (χ0v) is 17.6. The molecule has 0 saturated carbocycles. The minimum absolute atomic E-state index is 0.0172. The number of hydrogen-bond acceptors (Lipinski definition) is 7. The number of halogens is 1. The molecule has 0 aliphatic rings. The average Bonchev–Trinajstić information content (AvgIpc) is 2.80. The standard InChI is InChI=1S/C24H19FN6O2/c1-3-21(32)30-17-6-4-5-16(11-17)22-18(13-28-23(26)31-22)15-7-8-20(19(25)12-15)33-24-27-10-9-14(2)29-24/h3-13H,1H2,2H3,(H,30,32)(H2,26,28,31). The van der Waals surface area contributed by atoms with Gasteiger partial charge in [-0.15, -0.1) is 0 Å². The summed E-state index contributed by atoms with van der Waals surface area (Å²) in [6.45, 7) is 5.23. The molecule has 0 fully saturated rings. The number of anilines is 2. The summed E-state index contributed by atoms with van der Waals surface area (Å²) >= 11 is 0. The Morgan fingerprint density at radius 3 is 2.73 bits per heavy atom. The summed E-state index contributed by atoms with van der Waals surface area (Å²) in [6.07, 6.45) is 4.23. The highest BCUT2D eigenvalue weighted by atomic mass is 19.1. The molecule has 2 aromatic carbocycles. The third-order valence-corrected chi connectivity index (χ3v) is 4.61. The van der Waals surface area contributed by atoms with Crippen LogP contribution in [0.5, 0.6) is 11.8 Å². The van der Waals surface area contributed by atoms with Gasteiger partial charge in [0.05, 0.1) is 5.69 Å². The van der Waals surface area contributed by atoms with Crippen LogP contribution in [0.4, 0.5) is 16.0 Å². The van der Waals surface area contributed by atoms with E-state index in [0.717, 1.165) is 0 Å². The number of aromatic nitrogens is 4. The van der Waals surface area contributed by atoms with E-state index in [0.29, 0.717) is 33.8 Å². The van der Waals surface area contributed by atoms with Crippen LogP contribution < -0.4 is 15.8 Å². The van der Waals surface area contributed by atoms with E-state index in [4.69, 9.17) is 10.5 Å². The summed E-state index contributed by atoms with van der Waals surface area (Å²) in [5, 5.41) is 2.70. The minimum atomic E-state index is -0.604. The number of amides is 1. The maximum Gasteiger partial charge on any atom is 0.322 e. The number of nitrogens with one attached hydrogen (secondary N) is 1. The van der Waals surface area contributed by atoms with E-state index in [2.05, 4.69) is 31.8 Å². The summed E-state index contributed by atoms with van der Waals surface area (Å²) in [5.41, 5.74) is 9.28. The fourth-order valence-corrected chi connectivity index (χ4v) is 3.09. The van der Waals surface area contributed by atoms with Crippen LogP contribution in [0, 0.1) is 12.7 Å². The predicted octanol–water partition coefficient (Wildman–Crippen LogP) is 4.55. The van der Waals surface area contributed by atoms with Crippen molar-refractivity contribution >= 4 is 17.5 Å². The lowest BCUT2D eigenvalue weighted by Crippen LogP contribution is -2.07. The van der Waals surface area contributed by atoms with Gasteiger partial charge in [-0.2, -0.15) is 0 Å². The van der Waals surface area contributed by atoms with Gasteiger partial charge in [0, 0.05) is 34.9 Å². The highest BCUT2D eigenvalue weighted by Gasteiger charge is 2.15. The Morgan fingerprint density at radius 1 is 1.12 bits per heavy atom. The lowest BCUT2D eigenvalue weighted by molar-refractivity contribution is -0.111. The van der Waals surface area contributed by atoms with Crippen molar-refractivity contribution in [2.75, 3.05) is 11.1 Å². The normalized spacial score (nSPS) is 10.5. The molecular formula is C24H19FN6O2. The van der Waals surface area contributed by atoms with Gasteiger partial charge < -0.3 is 15.8 Å². The first kappa shape index (κ1) is 21.6. The Hall–Kier alpha value is -4.66. The number of hydrogen-bond donors (Lipinski definition) is 2. The van der Waals surface area contributed by atoms with E-state index in [-0.39, 0.29) is 23.6 Å². The number of rotatable bonds is 6. The van der Waals surface area contributed by atoms with Gasteiger partial charge in [0.25, 0.3) is 0 Å². The summed E-state index contributed by atoms with van der Waals surface area (Å²) in [6, 6.07) is 13.3. The number of ether oxygens (including phenoxy) is 1. The highest BCUT2D eigenvalue weighted by Crippen LogP contribution is 2.34. The third kappa shape index (κ3) is 4.99. The Kier molecular flexibility index (Phi) is 6.03. The largest absolute Gasteiger partial charge is 0.421 e. The van der Waals surface area contributed by atoms with Gasteiger partial charge in [0.1, 0.15) is 0 Å². The van der Waals surface area contributed by atoms with Crippen LogP contribution >= 0.6 is 0 Å². The first-order valence-electron chi connectivity index (χ1n) is 9.87. The van der Waals surface area contributed by atoms with Crippen molar-refractivity contribution in [2.45, 2.75) is 6.92 Å². The molecule has 1 amide bonds. The molecular weight excluding hydrogens is 423 g/mol. The lowest BCUT2D eigenvalue weighted by Gasteiger charge is -2.12. The molecule has 0 unspecified atom stereocenters. The van der Waals surface area contributed by atoms with Crippen molar-refractivity contribution in [3.05, 3.63) is 85.1 Å². The molecule has 2 heterocycles. The summed E-state index contributed by atoms with van der Waals surface area (Å²) in [7, 11) is 0. The fraction of sp³-hybridized carbons (Fsp3) is 0.0417. The number of nitrogens with two attached hydrogens (primary N) is 1. The SMILES string of the molecule is C=CC(=O)Nc1cccc(-c2nc(N)ncc2-c2ccc(Oc3nccc(C)n3)c(F)c2)c1.